The molecule has 0 saturated carbocycles. The topological polar surface area (TPSA) is 104 Å². The lowest BCUT2D eigenvalue weighted by atomic mass is 10.3. The van der Waals surface area contributed by atoms with Crippen molar-refractivity contribution < 1.29 is 18.5 Å². The number of carbonyl (C=O) groups is 1. The number of nitrogens with zero attached hydrogens (tertiary/aromatic N) is 4. The third-order valence-corrected chi connectivity index (χ3v) is 4.58. The molecule has 0 aliphatic rings. The van der Waals surface area contributed by atoms with Crippen molar-refractivity contribution in [2.45, 2.75) is 18.1 Å². The van der Waals surface area contributed by atoms with Gasteiger partial charge in [-0.25, -0.2) is 4.98 Å². The lowest BCUT2D eigenvalue weighted by Crippen LogP contribution is -2.09. The third kappa shape index (κ3) is 4.55. The Balaban J connectivity index is 1.18. The monoisotopic (exact) mass is 396 g/mol. The summed E-state index contributed by atoms with van der Waals surface area (Å²) < 4.78 is 16.0. The maximum atomic E-state index is 11.9. The molecule has 8 nitrogen and oxygen atoms in total. The molecular weight excluding hydrogens is 380 g/mol. The van der Waals surface area contributed by atoms with E-state index in [2.05, 4.69) is 20.1 Å². The Labute approximate surface area is 164 Å². The molecule has 4 rings (SSSR count). The first kappa shape index (κ1) is 18.2. The number of hydrogen-bond donors (Lipinski definition) is 0. The summed E-state index contributed by atoms with van der Waals surface area (Å²) in [6, 6.07) is 11.1. The number of benzene rings is 1. The lowest BCUT2D eigenvalue weighted by molar-refractivity contribution is -0.140. The number of aromatic nitrogens is 4. The fourth-order valence-corrected chi connectivity index (χ4v) is 3.09. The van der Waals surface area contributed by atoms with Crippen molar-refractivity contribution in [3.63, 3.8) is 0 Å². The Hall–Kier alpha value is -3.20. The van der Waals surface area contributed by atoms with Crippen LogP contribution in [0.25, 0.3) is 22.5 Å². The summed E-state index contributed by atoms with van der Waals surface area (Å²) in [5, 5.41) is 4.38. The zero-order chi connectivity index (χ0) is 19.2. The summed E-state index contributed by atoms with van der Waals surface area (Å²) in [4.78, 5) is 24.5. The Morgan fingerprint density at radius 2 is 2.07 bits per heavy atom. The van der Waals surface area contributed by atoms with Gasteiger partial charge < -0.3 is 13.7 Å². The quantitative estimate of drug-likeness (QED) is 0.251. The molecule has 0 aliphatic carbocycles. The average Bonchev–Trinajstić information content (AvgIpc) is 3.37. The van der Waals surface area contributed by atoms with Crippen molar-refractivity contribution in [3.05, 3.63) is 54.7 Å². The van der Waals surface area contributed by atoms with E-state index >= 15 is 0 Å². The second-order valence-electron chi connectivity index (χ2n) is 5.81. The van der Waals surface area contributed by atoms with Gasteiger partial charge in [-0.15, -0.1) is 0 Å². The van der Waals surface area contributed by atoms with Gasteiger partial charge in [0.1, 0.15) is 11.3 Å². The number of hydrogen-bond acceptors (Lipinski definition) is 9. The minimum Gasteiger partial charge on any atom is -0.465 e. The van der Waals surface area contributed by atoms with Gasteiger partial charge in [-0.3, -0.25) is 9.78 Å². The van der Waals surface area contributed by atoms with Crippen molar-refractivity contribution in [3.8, 4) is 11.4 Å². The van der Waals surface area contributed by atoms with Crippen molar-refractivity contribution in [2.24, 2.45) is 0 Å². The maximum absolute atomic E-state index is 11.9. The van der Waals surface area contributed by atoms with Gasteiger partial charge in [-0.1, -0.05) is 29.1 Å². The highest BCUT2D eigenvalue weighted by Gasteiger charge is 2.11. The van der Waals surface area contributed by atoms with E-state index in [0.717, 1.165) is 11.1 Å². The number of fused-ring (bicyclic) bond motifs is 1. The number of pyridine rings is 1. The van der Waals surface area contributed by atoms with E-state index < -0.39 is 0 Å². The highest BCUT2D eigenvalue weighted by Crippen LogP contribution is 2.23. The molecule has 3 heterocycles. The number of esters is 1. The molecule has 0 fully saturated rings. The van der Waals surface area contributed by atoms with Gasteiger partial charge in [-0.05, 0) is 30.7 Å². The second kappa shape index (κ2) is 8.66. The molecule has 0 radical (unpaired) electrons. The number of carbonyl (C=O) groups excluding carboxylic acids is 1. The van der Waals surface area contributed by atoms with Gasteiger partial charge in [0, 0.05) is 24.4 Å². The Kier molecular flexibility index (Phi) is 5.62. The minimum atomic E-state index is -0.325. The van der Waals surface area contributed by atoms with Crippen molar-refractivity contribution in [1.82, 2.24) is 20.1 Å². The van der Waals surface area contributed by atoms with Gasteiger partial charge in [0.15, 0.2) is 5.58 Å². The summed E-state index contributed by atoms with van der Waals surface area (Å²) >= 11 is 1.21. The van der Waals surface area contributed by atoms with Crippen LogP contribution in [-0.2, 0) is 16.0 Å². The number of aryl methyl sites for hydroxylation is 1. The summed E-state index contributed by atoms with van der Waals surface area (Å²) in [6.45, 7) is 0.275. The highest BCUT2D eigenvalue weighted by molar-refractivity contribution is 7.99. The predicted molar refractivity (Wildman–Crippen MR) is 102 cm³/mol. The summed E-state index contributed by atoms with van der Waals surface area (Å²) in [5.41, 5.74) is 2.26. The fraction of sp³-hybridized carbons (Fsp3) is 0.211. The fourth-order valence-electron chi connectivity index (χ4n) is 2.45. The van der Waals surface area contributed by atoms with E-state index in [-0.39, 0.29) is 18.3 Å². The molecule has 0 spiro atoms. The van der Waals surface area contributed by atoms with Crippen molar-refractivity contribution >= 4 is 28.8 Å². The van der Waals surface area contributed by atoms with Crippen LogP contribution in [0.2, 0.25) is 0 Å². The summed E-state index contributed by atoms with van der Waals surface area (Å²) in [7, 11) is 0. The molecular formula is C19H16N4O4S. The standard InChI is InChI=1S/C19H16N4O4S/c24-17(12-28-19-21-14-6-1-2-7-15(14)26-19)25-10-4-8-16-22-18(23-27-16)13-5-3-9-20-11-13/h1-3,5-7,9,11H,4,8,10,12H2. The van der Waals surface area contributed by atoms with Crippen LogP contribution in [0.15, 0.2) is 63.0 Å². The predicted octanol–water partition coefficient (Wildman–Crippen LogP) is 3.54. The van der Waals surface area contributed by atoms with E-state index in [1.165, 1.54) is 11.8 Å². The number of rotatable bonds is 8. The molecule has 4 aromatic rings. The molecule has 0 saturated heterocycles. The SMILES string of the molecule is O=C(CSc1nc2ccccc2o1)OCCCc1nc(-c2cccnc2)no1. The molecule has 0 bridgehead atoms. The van der Waals surface area contributed by atoms with Crippen LogP contribution in [0.1, 0.15) is 12.3 Å². The van der Waals surface area contributed by atoms with Crippen LogP contribution in [-0.4, -0.2) is 38.4 Å². The molecule has 0 atom stereocenters. The van der Waals surface area contributed by atoms with E-state index in [4.69, 9.17) is 13.7 Å². The summed E-state index contributed by atoms with van der Waals surface area (Å²) in [6.07, 6.45) is 4.47. The van der Waals surface area contributed by atoms with Gasteiger partial charge in [0.05, 0.1) is 6.61 Å². The Bertz CT molecular complexity index is 1030. The number of ether oxygens (including phenoxy) is 1. The van der Waals surface area contributed by atoms with Crippen LogP contribution in [0.5, 0.6) is 0 Å². The molecule has 1 aromatic carbocycles. The molecule has 28 heavy (non-hydrogen) atoms. The zero-order valence-electron chi connectivity index (χ0n) is 14.8. The molecule has 0 unspecified atom stereocenters. The van der Waals surface area contributed by atoms with Gasteiger partial charge in [0.2, 0.25) is 11.7 Å². The van der Waals surface area contributed by atoms with Crippen LogP contribution < -0.4 is 0 Å². The third-order valence-electron chi connectivity index (χ3n) is 3.77. The van der Waals surface area contributed by atoms with Crippen LogP contribution in [0.3, 0.4) is 0 Å². The first-order chi connectivity index (χ1) is 13.8. The van der Waals surface area contributed by atoms with Gasteiger partial charge in [-0.2, -0.15) is 4.98 Å². The van der Waals surface area contributed by atoms with Gasteiger partial charge in [0.25, 0.3) is 5.22 Å². The van der Waals surface area contributed by atoms with E-state index in [1.54, 1.807) is 12.4 Å². The minimum absolute atomic E-state index is 0.137. The molecule has 3 aromatic heterocycles. The highest BCUT2D eigenvalue weighted by atomic mass is 32.2. The van der Waals surface area contributed by atoms with E-state index in [1.807, 2.05) is 36.4 Å². The van der Waals surface area contributed by atoms with E-state index in [9.17, 15) is 4.79 Å². The van der Waals surface area contributed by atoms with Crippen LogP contribution in [0.4, 0.5) is 0 Å². The number of para-hydroxylation sites is 2. The molecule has 142 valence electrons. The van der Waals surface area contributed by atoms with Crippen molar-refractivity contribution in [1.29, 1.82) is 0 Å². The Morgan fingerprint density at radius 3 is 2.93 bits per heavy atom. The number of thioether (sulfide) groups is 1. The van der Waals surface area contributed by atoms with E-state index in [0.29, 0.717) is 35.4 Å². The number of oxazole rings is 1. The normalized spacial score (nSPS) is 11.0. The van der Waals surface area contributed by atoms with Gasteiger partial charge >= 0.3 is 5.97 Å². The first-order valence-corrected chi connectivity index (χ1v) is 9.63. The Morgan fingerprint density at radius 1 is 1.14 bits per heavy atom. The molecule has 9 heteroatoms. The molecule has 0 amide bonds. The lowest BCUT2D eigenvalue weighted by Gasteiger charge is -2.02. The second-order valence-corrected chi connectivity index (χ2v) is 6.74. The van der Waals surface area contributed by atoms with Crippen LogP contribution >= 0.6 is 11.8 Å². The maximum Gasteiger partial charge on any atom is 0.316 e. The molecule has 0 aliphatic heterocycles. The zero-order valence-corrected chi connectivity index (χ0v) is 15.6. The largest absolute Gasteiger partial charge is 0.465 e. The smallest absolute Gasteiger partial charge is 0.316 e. The van der Waals surface area contributed by atoms with Crippen molar-refractivity contribution in [2.75, 3.05) is 12.4 Å². The average molecular weight is 396 g/mol. The molecule has 0 N–H and O–H groups in total. The summed E-state index contributed by atoms with van der Waals surface area (Å²) in [5.74, 6) is 0.804. The van der Waals surface area contributed by atoms with Crippen LogP contribution in [0, 0.1) is 0 Å². The first-order valence-electron chi connectivity index (χ1n) is 8.65.